The van der Waals surface area contributed by atoms with Crippen molar-refractivity contribution in [2.45, 2.75) is 19.4 Å². The van der Waals surface area contributed by atoms with Crippen molar-refractivity contribution in [1.29, 1.82) is 0 Å². The van der Waals surface area contributed by atoms with Gasteiger partial charge in [-0.05, 0) is 18.6 Å². The highest BCUT2D eigenvalue weighted by Crippen LogP contribution is 2.32. The largest absolute Gasteiger partial charge is 0.373 e. The van der Waals surface area contributed by atoms with E-state index in [1.54, 1.807) is 0 Å². The van der Waals surface area contributed by atoms with Gasteiger partial charge in [0.15, 0.2) is 5.69 Å². The summed E-state index contributed by atoms with van der Waals surface area (Å²) in [4.78, 5) is 17.2. The minimum Gasteiger partial charge on any atom is -0.373 e. The van der Waals surface area contributed by atoms with Crippen molar-refractivity contribution in [1.82, 2.24) is 15.5 Å². The highest BCUT2D eigenvalue weighted by molar-refractivity contribution is 6.07. The summed E-state index contributed by atoms with van der Waals surface area (Å²) in [5, 5.41) is 10.7. The molecule has 3 heterocycles. The maximum atomic E-state index is 13.2. The van der Waals surface area contributed by atoms with Crippen molar-refractivity contribution >= 4 is 17.3 Å². The minimum atomic E-state index is -0.00560. The van der Waals surface area contributed by atoms with Gasteiger partial charge in [0.25, 0.3) is 5.91 Å². The van der Waals surface area contributed by atoms with Gasteiger partial charge in [0, 0.05) is 50.9 Å². The molecular weight excluding hydrogens is 290 g/mol. The van der Waals surface area contributed by atoms with Crippen LogP contribution in [-0.2, 0) is 13.0 Å². The fourth-order valence-corrected chi connectivity index (χ4v) is 3.46. The number of hydrogen-bond donors (Lipinski definition) is 2. The lowest BCUT2D eigenvalue weighted by molar-refractivity contribution is 0.0981. The number of carbonyl (C=O) groups is 1. The number of para-hydroxylation sites is 2. The molecule has 0 radical (unpaired) electrons. The Hall–Kier alpha value is -2.34. The van der Waals surface area contributed by atoms with Crippen LogP contribution >= 0.6 is 0 Å². The van der Waals surface area contributed by atoms with Crippen LogP contribution in [0.4, 0.5) is 11.4 Å². The molecule has 0 bridgehead atoms. The monoisotopic (exact) mass is 311 g/mol. The lowest BCUT2D eigenvalue weighted by Gasteiger charge is -2.24. The second-order valence-electron chi connectivity index (χ2n) is 6.18. The summed E-state index contributed by atoms with van der Waals surface area (Å²) >= 11 is 0. The molecule has 0 spiro atoms. The van der Waals surface area contributed by atoms with E-state index in [1.165, 1.54) is 0 Å². The number of aromatic nitrogens is 2. The summed E-state index contributed by atoms with van der Waals surface area (Å²) in [6.45, 7) is 3.30. The second kappa shape index (κ2) is 5.70. The fraction of sp³-hybridized carbons (Fsp3) is 0.412. The number of carbonyl (C=O) groups excluding carboxylic acids is 1. The number of nitrogens with one attached hydrogen (secondary N) is 2. The molecule has 2 aliphatic heterocycles. The van der Waals surface area contributed by atoms with Crippen molar-refractivity contribution in [2.75, 3.05) is 36.5 Å². The Morgan fingerprint density at radius 2 is 2.04 bits per heavy atom. The number of hydrogen-bond acceptors (Lipinski definition) is 4. The van der Waals surface area contributed by atoms with Crippen LogP contribution in [0.15, 0.2) is 24.3 Å². The molecule has 2 aromatic rings. The molecule has 0 saturated carbocycles. The van der Waals surface area contributed by atoms with Gasteiger partial charge < -0.3 is 15.1 Å². The number of benzene rings is 1. The van der Waals surface area contributed by atoms with Gasteiger partial charge >= 0.3 is 0 Å². The molecule has 0 aliphatic carbocycles. The standard InChI is InChI=1S/C17H21N5O/c1-21-9-4-10-22(15-6-3-2-5-14(15)21)17(23)16-12-11-18-8-7-13(12)19-20-16/h2-3,5-6,18H,4,7-11H2,1H3,(H,19,20). The first kappa shape index (κ1) is 14.3. The van der Waals surface area contributed by atoms with Crippen molar-refractivity contribution in [3.63, 3.8) is 0 Å². The van der Waals surface area contributed by atoms with Gasteiger partial charge in [-0.25, -0.2) is 0 Å². The molecule has 1 aromatic carbocycles. The van der Waals surface area contributed by atoms with Crippen molar-refractivity contribution in [2.24, 2.45) is 0 Å². The summed E-state index contributed by atoms with van der Waals surface area (Å²) in [7, 11) is 2.08. The summed E-state index contributed by atoms with van der Waals surface area (Å²) in [5.74, 6) is -0.00560. The summed E-state index contributed by atoms with van der Waals surface area (Å²) in [6, 6.07) is 8.10. The van der Waals surface area contributed by atoms with E-state index >= 15 is 0 Å². The Labute approximate surface area is 135 Å². The maximum absolute atomic E-state index is 13.2. The van der Waals surface area contributed by atoms with Crippen LogP contribution in [0.3, 0.4) is 0 Å². The molecule has 0 unspecified atom stereocenters. The number of anilines is 2. The van der Waals surface area contributed by atoms with E-state index in [0.29, 0.717) is 12.2 Å². The number of nitrogens with zero attached hydrogens (tertiary/aromatic N) is 3. The van der Waals surface area contributed by atoms with Crippen LogP contribution in [0.5, 0.6) is 0 Å². The molecule has 4 rings (SSSR count). The number of amides is 1. The van der Waals surface area contributed by atoms with Gasteiger partial charge in [-0.15, -0.1) is 0 Å². The van der Waals surface area contributed by atoms with Gasteiger partial charge in [0.1, 0.15) is 0 Å². The lowest BCUT2D eigenvalue weighted by atomic mass is 10.1. The first-order chi connectivity index (χ1) is 11.3. The average molecular weight is 311 g/mol. The highest BCUT2D eigenvalue weighted by Gasteiger charge is 2.29. The second-order valence-corrected chi connectivity index (χ2v) is 6.18. The molecule has 23 heavy (non-hydrogen) atoms. The van der Waals surface area contributed by atoms with Crippen LogP contribution in [0, 0.1) is 0 Å². The van der Waals surface area contributed by atoms with Gasteiger partial charge in [-0.1, -0.05) is 12.1 Å². The summed E-state index contributed by atoms with van der Waals surface area (Å²) in [5.41, 5.74) is 4.74. The third-order valence-corrected chi connectivity index (χ3v) is 4.71. The zero-order chi connectivity index (χ0) is 15.8. The van der Waals surface area contributed by atoms with Crippen molar-refractivity contribution in [3.05, 3.63) is 41.2 Å². The van der Waals surface area contributed by atoms with E-state index in [2.05, 4.69) is 33.5 Å². The number of rotatable bonds is 1. The Morgan fingerprint density at radius 1 is 1.22 bits per heavy atom. The molecule has 2 N–H and O–H groups in total. The molecule has 6 heteroatoms. The number of H-pyrrole nitrogens is 1. The van der Waals surface area contributed by atoms with E-state index in [1.807, 2.05) is 23.1 Å². The van der Waals surface area contributed by atoms with E-state index in [0.717, 1.165) is 55.1 Å². The van der Waals surface area contributed by atoms with Gasteiger partial charge in [0.05, 0.1) is 11.4 Å². The molecule has 120 valence electrons. The fourth-order valence-electron chi connectivity index (χ4n) is 3.46. The average Bonchev–Trinajstić information content (AvgIpc) is 2.94. The smallest absolute Gasteiger partial charge is 0.279 e. The SMILES string of the molecule is CN1CCCN(C(=O)c2n[nH]c3c2CNCC3)c2ccccc21. The first-order valence-electron chi connectivity index (χ1n) is 8.14. The maximum Gasteiger partial charge on any atom is 0.279 e. The quantitative estimate of drug-likeness (QED) is 0.838. The van der Waals surface area contributed by atoms with Gasteiger partial charge in [-0.2, -0.15) is 5.10 Å². The zero-order valence-corrected chi connectivity index (χ0v) is 13.3. The molecule has 2 aliphatic rings. The van der Waals surface area contributed by atoms with Crippen LogP contribution < -0.4 is 15.1 Å². The van der Waals surface area contributed by atoms with E-state index in [4.69, 9.17) is 0 Å². The van der Waals surface area contributed by atoms with Crippen LogP contribution in [0.2, 0.25) is 0 Å². The Kier molecular flexibility index (Phi) is 3.53. The summed E-state index contributed by atoms with van der Waals surface area (Å²) < 4.78 is 0. The molecular formula is C17H21N5O. The molecule has 1 amide bonds. The van der Waals surface area contributed by atoms with Crippen LogP contribution in [0.1, 0.15) is 28.2 Å². The molecule has 1 aromatic heterocycles. The van der Waals surface area contributed by atoms with E-state index < -0.39 is 0 Å². The molecule has 6 nitrogen and oxygen atoms in total. The van der Waals surface area contributed by atoms with Crippen LogP contribution in [-0.4, -0.2) is 42.8 Å². The number of fused-ring (bicyclic) bond motifs is 2. The Bertz CT molecular complexity index is 738. The Morgan fingerprint density at radius 3 is 2.91 bits per heavy atom. The predicted octanol–water partition coefficient (Wildman–Crippen LogP) is 1.54. The van der Waals surface area contributed by atoms with Crippen LogP contribution in [0.25, 0.3) is 0 Å². The molecule has 0 atom stereocenters. The normalized spacial score (nSPS) is 17.4. The molecule has 0 saturated heterocycles. The topological polar surface area (TPSA) is 64.3 Å². The van der Waals surface area contributed by atoms with Gasteiger partial charge in [0.2, 0.25) is 0 Å². The van der Waals surface area contributed by atoms with E-state index in [-0.39, 0.29) is 5.91 Å². The molecule has 0 fully saturated rings. The van der Waals surface area contributed by atoms with Gasteiger partial charge in [-0.3, -0.25) is 9.89 Å². The first-order valence-corrected chi connectivity index (χ1v) is 8.14. The lowest BCUT2D eigenvalue weighted by Crippen LogP contribution is -2.33. The summed E-state index contributed by atoms with van der Waals surface area (Å²) in [6.07, 6.45) is 1.84. The highest BCUT2D eigenvalue weighted by atomic mass is 16.2. The number of aromatic amines is 1. The predicted molar refractivity (Wildman–Crippen MR) is 90.0 cm³/mol. The van der Waals surface area contributed by atoms with E-state index in [9.17, 15) is 4.79 Å². The van der Waals surface area contributed by atoms with Crippen molar-refractivity contribution in [3.8, 4) is 0 Å². The minimum absolute atomic E-state index is 0.00560. The Balaban J connectivity index is 1.74. The third-order valence-electron chi connectivity index (χ3n) is 4.71. The zero-order valence-electron chi connectivity index (χ0n) is 13.3. The third kappa shape index (κ3) is 2.39. The van der Waals surface area contributed by atoms with Crippen molar-refractivity contribution < 1.29 is 4.79 Å².